The molecule has 0 aliphatic rings. The van der Waals surface area contributed by atoms with E-state index in [2.05, 4.69) is 32.6 Å². The number of allylic oxidation sites excluding steroid dienone is 1. The number of hydrogen-bond donors (Lipinski definition) is 2. The van der Waals surface area contributed by atoms with Crippen LogP contribution < -0.4 is 10.7 Å². The minimum atomic E-state index is -0.488. The van der Waals surface area contributed by atoms with Gasteiger partial charge in [0.25, 0.3) is 5.91 Å². The molecule has 2 aromatic carbocycles. The fourth-order valence-electron chi connectivity index (χ4n) is 2.75. The van der Waals surface area contributed by atoms with Crippen molar-refractivity contribution >= 4 is 29.6 Å². The average Bonchev–Trinajstić information content (AvgIpc) is 3.16. The van der Waals surface area contributed by atoms with E-state index >= 15 is 0 Å². The third kappa shape index (κ3) is 6.27. The zero-order valence-electron chi connectivity index (χ0n) is 18.0. The van der Waals surface area contributed by atoms with Gasteiger partial charge in [0.05, 0.1) is 18.0 Å². The third-order valence-corrected chi connectivity index (χ3v) is 5.62. The molecule has 1 amide bonds. The van der Waals surface area contributed by atoms with Crippen molar-refractivity contribution in [1.82, 2.24) is 20.2 Å². The van der Waals surface area contributed by atoms with Crippen molar-refractivity contribution < 1.29 is 9.18 Å². The molecule has 3 aromatic rings. The molecule has 9 heteroatoms. The number of hydrazone groups is 1. The van der Waals surface area contributed by atoms with Gasteiger partial charge < -0.3 is 9.88 Å². The maximum Gasteiger partial charge on any atom is 0.253 e. The maximum atomic E-state index is 13.6. The van der Waals surface area contributed by atoms with Gasteiger partial charge in [-0.25, -0.2) is 9.82 Å². The molecular weight excluding hydrogens is 427 g/mol. The van der Waals surface area contributed by atoms with E-state index in [-0.39, 0.29) is 5.91 Å². The first-order valence-electron chi connectivity index (χ1n) is 10.1. The molecule has 1 aromatic heterocycles. The van der Waals surface area contributed by atoms with E-state index in [0.29, 0.717) is 23.8 Å². The summed E-state index contributed by atoms with van der Waals surface area (Å²) in [6, 6.07) is 14.3. The Morgan fingerprint density at radius 1 is 1.25 bits per heavy atom. The number of nitrogens with zero attached hydrogens (tertiary/aromatic N) is 4. The maximum absolute atomic E-state index is 13.6. The second-order valence-corrected chi connectivity index (χ2v) is 8.34. The Morgan fingerprint density at radius 3 is 2.72 bits per heavy atom. The lowest BCUT2D eigenvalue weighted by atomic mass is 10.2. The van der Waals surface area contributed by atoms with E-state index in [9.17, 15) is 9.18 Å². The van der Waals surface area contributed by atoms with Gasteiger partial charge >= 0.3 is 0 Å². The number of carbonyl (C=O) groups excluding carboxylic acids is 1. The number of aromatic nitrogens is 3. The summed E-state index contributed by atoms with van der Waals surface area (Å²) < 4.78 is 15.5. The lowest BCUT2D eigenvalue weighted by Crippen LogP contribution is -2.27. The third-order valence-electron chi connectivity index (χ3n) is 4.54. The molecule has 7 nitrogen and oxygen atoms in total. The molecule has 2 N–H and O–H groups in total. The normalized spacial score (nSPS) is 12.0. The predicted octanol–water partition coefficient (Wildman–Crippen LogP) is 4.15. The number of carbonyl (C=O) groups is 1. The van der Waals surface area contributed by atoms with Crippen LogP contribution in [0.5, 0.6) is 0 Å². The number of hydrogen-bond acceptors (Lipinski definition) is 6. The smallest absolute Gasteiger partial charge is 0.253 e. The van der Waals surface area contributed by atoms with Gasteiger partial charge in [-0.2, -0.15) is 5.10 Å². The summed E-state index contributed by atoms with van der Waals surface area (Å²) >= 11 is 1.27. The van der Waals surface area contributed by atoms with Gasteiger partial charge in [0, 0.05) is 17.8 Å². The molecule has 32 heavy (non-hydrogen) atoms. The number of halogens is 1. The van der Waals surface area contributed by atoms with Crippen molar-refractivity contribution in [3.05, 3.63) is 84.0 Å². The molecule has 3 rings (SSSR count). The van der Waals surface area contributed by atoms with Crippen LogP contribution in [0.25, 0.3) is 0 Å². The fraction of sp³-hybridized carbons (Fsp3) is 0.217. The van der Waals surface area contributed by atoms with Crippen LogP contribution in [0.3, 0.4) is 0 Å². The summed E-state index contributed by atoms with van der Waals surface area (Å²) in [5, 5.41) is 15.8. The summed E-state index contributed by atoms with van der Waals surface area (Å²) in [6.07, 6.45) is 3.03. The van der Waals surface area contributed by atoms with Crippen LogP contribution in [0.15, 0.2) is 71.4 Å². The molecule has 1 heterocycles. The Balaban J connectivity index is 1.61. The van der Waals surface area contributed by atoms with E-state index < -0.39 is 11.1 Å². The van der Waals surface area contributed by atoms with E-state index in [1.807, 2.05) is 35.8 Å². The van der Waals surface area contributed by atoms with Crippen LogP contribution in [0.2, 0.25) is 0 Å². The first-order chi connectivity index (χ1) is 15.5. The molecule has 1 atom stereocenters. The average molecular weight is 453 g/mol. The van der Waals surface area contributed by atoms with E-state index in [4.69, 9.17) is 0 Å². The number of thioether (sulfide) groups is 1. The second-order valence-electron chi connectivity index (χ2n) is 7.03. The lowest BCUT2D eigenvalue weighted by molar-refractivity contribution is -0.120. The zero-order chi connectivity index (χ0) is 22.9. The van der Waals surface area contributed by atoms with Crippen LogP contribution >= 0.6 is 11.8 Å². The Morgan fingerprint density at radius 2 is 2.00 bits per heavy atom. The molecule has 0 aliphatic heterocycles. The Kier molecular flexibility index (Phi) is 8.15. The molecule has 0 aliphatic carbocycles. The van der Waals surface area contributed by atoms with E-state index in [1.54, 1.807) is 31.2 Å². The highest BCUT2D eigenvalue weighted by Crippen LogP contribution is 2.23. The molecule has 0 radical (unpaired) electrons. The highest BCUT2D eigenvalue weighted by molar-refractivity contribution is 8.00. The van der Waals surface area contributed by atoms with Gasteiger partial charge in [0.15, 0.2) is 11.0 Å². The number of nitrogens with one attached hydrogen (secondary N) is 2. The first kappa shape index (κ1) is 23.2. The quantitative estimate of drug-likeness (QED) is 0.209. The van der Waals surface area contributed by atoms with Gasteiger partial charge in [0.2, 0.25) is 0 Å². The monoisotopic (exact) mass is 452 g/mol. The first-order valence-corrected chi connectivity index (χ1v) is 10.9. The van der Waals surface area contributed by atoms with Crippen LogP contribution in [0, 0.1) is 12.7 Å². The van der Waals surface area contributed by atoms with Gasteiger partial charge in [-0.1, -0.05) is 53.7 Å². The molecule has 0 saturated heterocycles. The molecule has 1 unspecified atom stereocenters. The van der Waals surface area contributed by atoms with Crippen LogP contribution in [0.1, 0.15) is 23.9 Å². The zero-order valence-corrected chi connectivity index (χ0v) is 18.8. The largest absolute Gasteiger partial charge is 0.378 e. The standard InChI is InChI=1S/C23H25FN6OS/c1-4-13-30-21(15-25-19-11-9-16(2)10-12-19)27-29-23(30)32-17(3)22(31)28-26-14-18-7-5-6-8-20(18)24/h4-12,14,17,25H,1,13,15H2,2-3H3,(H,28,31). The van der Waals surface area contributed by atoms with Gasteiger partial charge in [-0.05, 0) is 32.0 Å². The van der Waals surface area contributed by atoms with Crippen molar-refractivity contribution in [2.24, 2.45) is 5.10 Å². The van der Waals surface area contributed by atoms with Crippen LogP contribution in [-0.4, -0.2) is 32.1 Å². The van der Waals surface area contributed by atoms with Crippen molar-refractivity contribution in [3.63, 3.8) is 0 Å². The van der Waals surface area contributed by atoms with E-state index in [1.165, 1.54) is 29.6 Å². The summed E-state index contributed by atoms with van der Waals surface area (Å²) in [5.41, 5.74) is 4.91. The Bertz CT molecular complexity index is 1100. The summed E-state index contributed by atoms with van der Waals surface area (Å²) in [6.45, 7) is 8.58. The molecule has 0 spiro atoms. The Labute approximate surface area is 190 Å². The molecule has 166 valence electrons. The molecule has 0 bridgehead atoms. The number of benzene rings is 2. The minimum absolute atomic E-state index is 0.296. The van der Waals surface area contributed by atoms with Crippen molar-refractivity contribution in [3.8, 4) is 0 Å². The van der Waals surface area contributed by atoms with Gasteiger partial charge in [-0.3, -0.25) is 4.79 Å². The highest BCUT2D eigenvalue weighted by atomic mass is 32.2. The van der Waals surface area contributed by atoms with Gasteiger partial charge in [-0.15, -0.1) is 16.8 Å². The van der Waals surface area contributed by atoms with Crippen LogP contribution in [0.4, 0.5) is 10.1 Å². The summed E-state index contributed by atoms with van der Waals surface area (Å²) in [5.74, 6) is 0.00505. The van der Waals surface area contributed by atoms with Crippen LogP contribution in [-0.2, 0) is 17.9 Å². The summed E-state index contributed by atoms with van der Waals surface area (Å²) in [7, 11) is 0. The molecule has 0 saturated carbocycles. The minimum Gasteiger partial charge on any atom is -0.378 e. The topological polar surface area (TPSA) is 84.2 Å². The van der Waals surface area contributed by atoms with Crippen molar-refractivity contribution in [2.45, 2.75) is 37.3 Å². The van der Waals surface area contributed by atoms with Crippen molar-refractivity contribution in [1.29, 1.82) is 0 Å². The number of rotatable bonds is 10. The fourth-order valence-corrected chi connectivity index (χ4v) is 3.62. The number of amides is 1. The molecule has 0 fully saturated rings. The highest BCUT2D eigenvalue weighted by Gasteiger charge is 2.19. The summed E-state index contributed by atoms with van der Waals surface area (Å²) in [4.78, 5) is 12.4. The predicted molar refractivity (Wildman–Crippen MR) is 126 cm³/mol. The Hall–Kier alpha value is -3.46. The van der Waals surface area contributed by atoms with Gasteiger partial charge in [0.1, 0.15) is 5.82 Å². The van der Waals surface area contributed by atoms with E-state index in [0.717, 1.165) is 11.5 Å². The second kappa shape index (κ2) is 11.2. The molecular formula is C23H25FN6OS. The number of aryl methyl sites for hydroxylation is 1. The lowest BCUT2D eigenvalue weighted by Gasteiger charge is -2.12. The number of anilines is 1. The SMILES string of the molecule is C=CCn1c(CNc2ccc(C)cc2)nnc1SC(C)C(=O)NN=Cc1ccccc1F. The van der Waals surface area contributed by atoms with Crippen molar-refractivity contribution in [2.75, 3.05) is 5.32 Å².